The molecule has 0 fully saturated rings. The van der Waals surface area contributed by atoms with Crippen molar-refractivity contribution in [1.29, 1.82) is 0 Å². The second-order valence-corrected chi connectivity index (χ2v) is 11.8. The Morgan fingerprint density at radius 3 is 0.931 bits per heavy atom. The van der Waals surface area contributed by atoms with E-state index in [0.717, 1.165) is 6.16 Å². The minimum absolute atomic E-state index is 0. The zero-order chi connectivity index (χ0) is 21.0. The first-order valence-corrected chi connectivity index (χ1v) is 12.4. The summed E-state index contributed by atoms with van der Waals surface area (Å²) in [5, 5.41) is 4.39. The standard InChI is InChI=1S/C20H20P.F6P.K/c1-2-21(18-12-6-3-7-13-18,19-14-8-4-9-15-19)20-16-10-5-11-17-20;1-7(2,3,4,5)6;/h3-17H,2H2,1H3;;/q+1;-1;+1. The van der Waals surface area contributed by atoms with Crippen LogP contribution in [0.15, 0.2) is 91.0 Å². The number of halogens is 6. The zero-order valence-electron chi connectivity index (χ0n) is 16.0. The maximum Gasteiger partial charge on any atom is 1.00 e. The minimum Gasteiger partial charge on any atom is 1.00 e. The number of hydrogen-bond donors (Lipinski definition) is 0. The molecule has 0 radical (unpaired) electrons. The first-order chi connectivity index (χ1) is 12.8. The van der Waals surface area contributed by atoms with Crippen molar-refractivity contribution in [2.75, 3.05) is 6.16 Å². The van der Waals surface area contributed by atoms with Crippen LogP contribution in [0.4, 0.5) is 25.2 Å². The molecule has 9 heteroatoms. The van der Waals surface area contributed by atoms with Gasteiger partial charge in [0.2, 0.25) is 0 Å². The van der Waals surface area contributed by atoms with Gasteiger partial charge in [0.25, 0.3) is 0 Å². The third-order valence-corrected chi connectivity index (χ3v) is 8.55. The molecule has 0 amide bonds. The van der Waals surface area contributed by atoms with Crippen molar-refractivity contribution in [3.63, 3.8) is 0 Å². The van der Waals surface area contributed by atoms with Gasteiger partial charge in [-0.3, -0.25) is 0 Å². The Morgan fingerprint density at radius 1 is 0.552 bits per heavy atom. The van der Waals surface area contributed by atoms with Crippen LogP contribution in [0.1, 0.15) is 6.92 Å². The van der Waals surface area contributed by atoms with Crippen molar-refractivity contribution in [3.05, 3.63) is 91.0 Å². The summed E-state index contributed by atoms with van der Waals surface area (Å²) in [6.45, 7) is 2.32. The molecule has 0 aliphatic carbocycles. The van der Waals surface area contributed by atoms with Crippen LogP contribution in [-0.4, -0.2) is 6.16 Å². The molecular formula is C20H20F6KP2+. The van der Waals surface area contributed by atoms with E-state index in [4.69, 9.17) is 0 Å². The van der Waals surface area contributed by atoms with Crippen LogP contribution >= 0.6 is 15.1 Å². The van der Waals surface area contributed by atoms with E-state index in [1.807, 2.05) is 0 Å². The van der Waals surface area contributed by atoms with Crippen molar-refractivity contribution in [3.8, 4) is 0 Å². The summed E-state index contributed by atoms with van der Waals surface area (Å²) in [5.41, 5.74) is 0. The maximum absolute atomic E-state index is 10.7. The molecule has 0 aromatic heterocycles. The molecule has 0 spiro atoms. The van der Waals surface area contributed by atoms with Gasteiger partial charge in [0.1, 0.15) is 23.2 Å². The Labute approximate surface area is 209 Å². The fourth-order valence-electron chi connectivity index (χ4n) is 3.04. The largest absolute Gasteiger partial charge is 1.00 e. The molecule has 0 bridgehead atoms. The summed E-state index contributed by atoms with van der Waals surface area (Å²) in [5.74, 6) is 0. The summed E-state index contributed by atoms with van der Waals surface area (Å²) < 4.78 is 59.2. The van der Waals surface area contributed by atoms with Gasteiger partial charge < -0.3 is 0 Å². The van der Waals surface area contributed by atoms with Crippen molar-refractivity contribution in [1.82, 2.24) is 0 Å². The summed E-state index contributed by atoms with van der Waals surface area (Å²) in [4.78, 5) is 0. The van der Waals surface area contributed by atoms with Crippen LogP contribution in [0, 0.1) is 0 Å². The predicted octanol–water partition coefficient (Wildman–Crippen LogP) is 4.39. The fourth-order valence-corrected chi connectivity index (χ4v) is 7.08. The van der Waals surface area contributed by atoms with E-state index in [1.54, 1.807) is 0 Å². The van der Waals surface area contributed by atoms with Gasteiger partial charge >= 0.3 is 84.4 Å². The molecule has 0 saturated carbocycles. The van der Waals surface area contributed by atoms with Crippen LogP contribution < -0.4 is 67.3 Å². The SMILES string of the molecule is CC[P+](c1ccccc1)(c1ccccc1)c1ccccc1.F[P-](F)(F)(F)(F)F.[K+]. The number of hydrogen-bond acceptors (Lipinski definition) is 0. The zero-order valence-corrected chi connectivity index (χ0v) is 20.9. The summed E-state index contributed by atoms with van der Waals surface area (Å²) in [6.07, 6.45) is 1.14. The Kier molecular flexibility index (Phi) is 8.75. The normalized spacial score (nSPS) is 13.8. The molecular weight excluding hydrogens is 455 g/mol. The molecule has 3 aromatic carbocycles. The van der Waals surface area contributed by atoms with Crippen LogP contribution in [0.25, 0.3) is 0 Å². The molecule has 0 nitrogen and oxygen atoms in total. The van der Waals surface area contributed by atoms with E-state index < -0.39 is 15.1 Å². The molecule has 0 N–H and O–H groups in total. The van der Waals surface area contributed by atoms with E-state index in [-0.39, 0.29) is 51.4 Å². The van der Waals surface area contributed by atoms with Crippen LogP contribution in [0.5, 0.6) is 0 Å². The second-order valence-electron chi connectivity index (χ2n) is 6.09. The smallest absolute Gasteiger partial charge is 1.00 e. The molecule has 0 heterocycles. The van der Waals surface area contributed by atoms with Gasteiger partial charge in [0.15, 0.2) is 0 Å². The van der Waals surface area contributed by atoms with Crippen LogP contribution in [0.3, 0.4) is 0 Å². The van der Waals surface area contributed by atoms with E-state index in [2.05, 4.69) is 97.9 Å². The number of rotatable bonds is 4. The fraction of sp³-hybridized carbons (Fsp3) is 0.100. The Balaban J connectivity index is 0.000000456. The summed E-state index contributed by atoms with van der Waals surface area (Å²) in [7, 11) is -12.2. The molecule has 0 aliphatic heterocycles. The minimum atomic E-state index is -10.7. The van der Waals surface area contributed by atoms with Crippen LogP contribution in [0.2, 0.25) is 0 Å². The topological polar surface area (TPSA) is 0 Å². The number of benzene rings is 3. The molecule has 3 aromatic rings. The molecule has 3 rings (SSSR count). The summed E-state index contributed by atoms with van der Waals surface area (Å²) in [6, 6.07) is 33.0. The van der Waals surface area contributed by atoms with Gasteiger partial charge in [-0.2, -0.15) is 0 Å². The van der Waals surface area contributed by atoms with Gasteiger partial charge in [-0.25, -0.2) is 0 Å². The van der Waals surface area contributed by atoms with Crippen molar-refractivity contribution in [2.24, 2.45) is 0 Å². The molecule has 29 heavy (non-hydrogen) atoms. The predicted molar refractivity (Wildman–Crippen MR) is 109 cm³/mol. The van der Waals surface area contributed by atoms with Crippen molar-refractivity contribution >= 4 is 31.0 Å². The summed E-state index contributed by atoms with van der Waals surface area (Å²) >= 11 is 0. The van der Waals surface area contributed by atoms with Crippen molar-refractivity contribution in [2.45, 2.75) is 6.92 Å². The van der Waals surface area contributed by atoms with Gasteiger partial charge in [0, 0.05) is 0 Å². The van der Waals surface area contributed by atoms with Gasteiger partial charge in [-0.05, 0) is 43.3 Å². The quantitative estimate of drug-likeness (QED) is 0.299. The van der Waals surface area contributed by atoms with E-state index >= 15 is 0 Å². The average molecular weight is 475 g/mol. The molecule has 152 valence electrons. The van der Waals surface area contributed by atoms with Gasteiger partial charge in [-0.1, -0.05) is 54.6 Å². The third-order valence-electron chi connectivity index (χ3n) is 4.07. The first-order valence-electron chi connectivity index (χ1n) is 8.44. The Bertz CT molecular complexity index is 778. The molecule has 0 unspecified atom stereocenters. The first kappa shape index (κ1) is 26.8. The van der Waals surface area contributed by atoms with Crippen LogP contribution in [-0.2, 0) is 0 Å². The van der Waals surface area contributed by atoms with E-state index in [1.165, 1.54) is 15.9 Å². The monoisotopic (exact) mass is 475 g/mol. The van der Waals surface area contributed by atoms with Crippen molar-refractivity contribution < 1.29 is 76.6 Å². The third kappa shape index (κ3) is 9.18. The maximum atomic E-state index is 9.87. The Morgan fingerprint density at radius 2 is 0.759 bits per heavy atom. The van der Waals surface area contributed by atoms with Gasteiger partial charge in [-0.15, -0.1) is 0 Å². The average Bonchev–Trinajstić information content (AvgIpc) is 2.63. The second kappa shape index (κ2) is 9.48. The van der Waals surface area contributed by atoms with Gasteiger partial charge in [0.05, 0.1) is 6.16 Å². The molecule has 0 aliphatic rings. The van der Waals surface area contributed by atoms with E-state index in [9.17, 15) is 25.2 Å². The Hall–Kier alpha value is -0.264. The molecule has 0 saturated heterocycles. The van der Waals surface area contributed by atoms with E-state index in [0.29, 0.717) is 0 Å². The molecule has 0 atom stereocenters.